The Kier molecular flexibility index (Phi) is 10.5. The number of hydrogen-bond acceptors (Lipinski definition) is 7. The van der Waals surface area contributed by atoms with Gasteiger partial charge in [-0.15, -0.1) is 0 Å². The van der Waals surface area contributed by atoms with Crippen molar-refractivity contribution in [1.29, 1.82) is 0 Å². The maximum Gasteiger partial charge on any atom is 0.406 e. The average Bonchev–Trinajstić information content (AvgIpc) is 3.35. The van der Waals surface area contributed by atoms with E-state index in [0.717, 1.165) is 63.9 Å². The Morgan fingerprint density at radius 1 is 1.04 bits per heavy atom. The fraction of sp³-hybridized carbons (Fsp3) is 0.500. The zero-order chi connectivity index (χ0) is 32.0. The Labute approximate surface area is 261 Å². The number of ether oxygens (including phenoxy) is 2. The van der Waals surface area contributed by atoms with Crippen LogP contribution in [0, 0.1) is 11.8 Å². The molecule has 0 bridgehead atoms. The van der Waals surface area contributed by atoms with Crippen LogP contribution in [0.3, 0.4) is 0 Å². The Hall–Kier alpha value is -3.47. The SMILES string of the molecule is CS(=O)(=O)c1ccc(NCC#Cc2cc3c(N[C@H]4CC[C@@H](N5CCOCC5)CC4)cccc3n2CC(F)(F)F)c(OCCF)c1. The molecule has 0 unspecified atom stereocenters. The Bertz CT molecular complexity index is 1630. The largest absolute Gasteiger partial charge is 0.489 e. The van der Waals surface area contributed by atoms with E-state index in [1.165, 1.54) is 22.8 Å². The zero-order valence-electron chi connectivity index (χ0n) is 25.1. The van der Waals surface area contributed by atoms with Crippen molar-refractivity contribution in [3.05, 3.63) is 48.2 Å². The van der Waals surface area contributed by atoms with Crippen LogP contribution in [0.25, 0.3) is 10.9 Å². The normalized spacial score (nSPS) is 19.6. The maximum absolute atomic E-state index is 13.7. The molecule has 1 saturated carbocycles. The lowest BCUT2D eigenvalue weighted by Gasteiger charge is -2.39. The smallest absolute Gasteiger partial charge is 0.406 e. The number of nitrogens with one attached hydrogen (secondary N) is 2. The quantitative estimate of drug-likeness (QED) is 0.222. The van der Waals surface area contributed by atoms with Crippen LogP contribution in [-0.2, 0) is 21.1 Å². The Morgan fingerprint density at radius 3 is 2.49 bits per heavy atom. The van der Waals surface area contributed by atoms with E-state index in [-0.39, 0.29) is 35.5 Å². The Morgan fingerprint density at radius 2 is 1.80 bits per heavy atom. The van der Waals surface area contributed by atoms with Crippen molar-refractivity contribution in [3.63, 3.8) is 0 Å². The number of morpholine rings is 1. The number of aromatic nitrogens is 1. The Balaban J connectivity index is 1.33. The van der Waals surface area contributed by atoms with E-state index in [4.69, 9.17) is 9.47 Å². The number of anilines is 2. The van der Waals surface area contributed by atoms with Gasteiger partial charge in [-0.3, -0.25) is 4.90 Å². The van der Waals surface area contributed by atoms with Crippen LogP contribution in [-0.4, -0.2) is 88.5 Å². The third-order valence-electron chi connectivity index (χ3n) is 8.20. The van der Waals surface area contributed by atoms with Gasteiger partial charge in [-0.25, -0.2) is 12.8 Å². The third kappa shape index (κ3) is 8.62. The maximum atomic E-state index is 13.7. The van der Waals surface area contributed by atoms with Crippen LogP contribution < -0.4 is 15.4 Å². The van der Waals surface area contributed by atoms with Crippen LogP contribution >= 0.6 is 0 Å². The van der Waals surface area contributed by atoms with Gasteiger partial charge < -0.3 is 24.7 Å². The molecule has 3 aromatic rings. The molecule has 2 N–H and O–H groups in total. The lowest BCUT2D eigenvalue weighted by atomic mass is 9.89. The molecule has 1 aromatic heterocycles. The summed E-state index contributed by atoms with van der Waals surface area (Å²) < 4.78 is 89.7. The molecule has 13 heteroatoms. The molecular formula is C32H38F4N4O4S. The van der Waals surface area contributed by atoms with Crippen molar-refractivity contribution in [3.8, 4) is 17.6 Å². The van der Waals surface area contributed by atoms with Crippen LogP contribution in [0.2, 0.25) is 0 Å². The molecule has 0 amide bonds. The van der Waals surface area contributed by atoms with E-state index >= 15 is 0 Å². The molecular weight excluding hydrogens is 612 g/mol. The predicted molar refractivity (Wildman–Crippen MR) is 166 cm³/mol. The molecule has 0 radical (unpaired) electrons. The highest BCUT2D eigenvalue weighted by Gasteiger charge is 2.31. The highest BCUT2D eigenvalue weighted by atomic mass is 32.2. The number of hydrogen-bond donors (Lipinski definition) is 2. The molecule has 0 atom stereocenters. The number of rotatable bonds is 10. The second-order valence-electron chi connectivity index (χ2n) is 11.4. The molecule has 1 aliphatic carbocycles. The summed E-state index contributed by atoms with van der Waals surface area (Å²) in [5, 5.41) is 7.26. The number of fused-ring (bicyclic) bond motifs is 1. The van der Waals surface area contributed by atoms with E-state index in [9.17, 15) is 26.0 Å². The fourth-order valence-electron chi connectivity index (χ4n) is 6.03. The molecule has 1 saturated heterocycles. The van der Waals surface area contributed by atoms with Gasteiger partial charge in [0, 0.05) is 48.6 Å². The van der Waals surface area contributed by atoms with Gasteiger partial charge >= 0.3 is 6.18 Å². The first kappa shape index (κ1) is 32.9. The highest BCUT2D eigenvalue weighted by molar-refractivity contribution is 7.90. The molecule has 1 aliphatic heterocycles. The van der Waals surface area contributed by atoms with Crippen molar-refractivity contribution in [1.82, 2.24) is 9.47 Å². The lowest BCUT2D eigenvalue weighted by Crippen LogP contribution is -2.46. The first-order valence-electron chi connectivity index (χ1n) is 15.0. The van der Waals surface area contributed by atoms with Gasteiger partial charge in [0.25, 0.3) is 0 Å². The first-order chi connectivity index (χ1) is 21.5. The number of benzene rings is 2. The van der Waals surface area contributed by atoms with E-state index in [1.807, 2.05) is 6.07 Å². The zero-order valence-corrected chi connectivity index (χ0v) is 25.9. The fourth-order valence-corrected chi connectivity index (χ4v) is 6.67. The van der Waals surface area contributed by atoms with Crippen LogP contribution in [0.5, 0.6) is 5.75 Å². The minimum Gasteiger partial charge on any atom is -0.489 e. The summed E-state index contributed by atoms with van der Waals surface area (Å²) in [6, 6.07) is 11.9. The van der Waals surface area contributed by atoms with Crippen molar-refractivity contribution in [2.75, 3.05) is 63.0 Å². The van der Waals surface area contributed by atoms with Gasteiger partial charge in [-0.2, -0.15) is 13.2 Å². The third-order valence-corrected chi connectivity index (χ3v) is 9.31. The second kappa shape index (κ2) is 14.3. The standard InChI is InChI=1S/C32H38F4N4O4S/c1-45(41,42)26-11-12-29(31(21-26)44-17-13-33)37-14-3-4-25-20-27-28(5-2-6-30(27)40(25)22-32(34,35)36)38-23-7-9-24(10-8-23)39-15-18-43-19-16-39/h2,5-6,11-12,20-21,23-24,37-38H,7-10,13-19,22H2,1H3/t23-,24+. The van der Waals surface area contributed by atoms with Crippen LogP contribution in [0.15, 0.2) is 47.4 Å². The van der Waals surface area contributed by atoms with Gasteiger partial charge in [0.05, 0.1) is 41.6 Å². The molecule has 244 valence electrons. The average molecular weight is 651 g/mol. The van der Waals surface area contributed by atoms with E-state index in [2.05, 4.69) is 27.4 Å². The van der Waals surface area contributed by atoms with Crippen molar-refractivity contribution >= 4 is 32.1 Å². The number of halogens is 4. The summed E-state index contributed by atoms with van der Waals surface area (Å²) in [7, 11) is -3.52. The summed E-state index contributed by atoms with van der Waals surface area (Å²) in [6.07, 6.45) is 0.669. The second-order valence-corrected chi connectivity index (χ2v) is 13.4. The molecule has 2 aliphatic rings. The minimum absolute atomic E-state index is 0.0132. The van der Waals surface area contributed by atoms with Gasteiger partial charge in [-0.05, 0) is 61.9 Å². The van der Waals surface area contributed by atoms with Crippen LogP contribution in [0.4, 0.5) is 28.9 Å². The highest BCUT2D eigenvalue weighted by Crippen LogP contribution is 2.33. The van der Waals surface area contributed by atoms with Crippen molar-refractivity contribution in [2.45, 2.75) is 55.4 Å². The van der Waals surface area contributed by atoms with Gasteiger partial charge in [0.2, 0.25) is 0 Å². The summed E-state index contributed by atoms with van der Waals surface area (Å²) in [5.74, 6) is 5.89. The number of nitrogens with zero attached hydrogens (tertiary/aromatic N) is 2. The lowest BCUT2D eigenvalue weighted by molar-refractivity contribution is -0.140. The monoisotopic (exact) mass is 650 g/mol. The summed E-state index contributed by atoms with van der Waals surface area (Å²) in [4.78, 5) is 2.51. The van der Waals surface area contributed by atoms with Gasteiger partial charge in [0.1, 0.15) is 25.6 Å². The molecule has 8 nitrogen and oxygen atoms in total. The molecule has 5 rings (SSSR count). The van der Waals surface area contributed by atoms with Gasteiger partial charge in [-0.1, -0.05) is 12.0 Å². The topological polar surface area (TPSA) is 84.8 Å². The van der Waals surface area contributed by atoms with E-state index in [0.29, 0.717) is 22.6 Å². The molecule has 45 heavy (non-hydrogen) atoms. The summed E-state index contributed by atoms with van der Waals surface area (Å²) in [5.41, 5.74) is 1.83. The van der Waals surface area contributed by atoms with E-state index in [1.54, 1.807) is 18.2 Å². The first-order valence-corrected chi connectivity index (χ1v) is 16.9. The predicted octanol–water partition coefficient (Wildman–Crippen LogP) is 5.47. The van der Waals surface area contributed by atoms with Crippen LogP contribution in [0.1, 0.15) is 31.4 Å². The summed E-state index contributed by atoms with van der Waals surface area (Å²) >= 11 is 0. The number of sulfone groups is 1. The molecule has 2 heterocycles. The van der Waals surface area contributed by atoms with Crippen molar-refractivity contribution in [2.24, 2.45) is 0 Å². The van der Waals surface area contributed by atoms with Gasteiger partial charge in [0.15, 0.2) is 9.84 Å². The summed E-state index contributed by atoms with van der Waals surface area (Å²) in [6.45, 7) is 1.26. The molecule has 2 fully saturated rings. The van der Waals surface area contributed by atoms with Crippen molar-refractivity contribution < 1.29 is 35.5 Å². The van der Waals surface area contributed by atoms with E-state index < -0.39 is 29.2 Å². The number of alkyl halides is 4. The molecule has 2 aromatic carbocycles. The molecule has 0 spiro atoms. The minimum atomic E-state index is -4.45.